The fraction of sp³-hybridized carbons (Fsp3) is 0.200. The van der Waals surface area contributed by atoms with Crippen molar-refractivity contribution in [3.8, 4) is 23.1 Å². The molecule has 0 fully saturated rings. The van der Waals surface area contributed by atoms with E-state index in [0.717, 1.165) is 16.8 Å². The normalized spacial score (nSPS) is 10.6. The Bertz CT molecular complexity index is 1030. The lowest BCUT2D eigenvalue weighted by Gasteiger charge is -2.09. The van der Waals surface area contributed by atoms with Crippen molar-refractivity contribution in [2.75, 3.05) is 12.1 Å². The summed E-state index contributed by atoms with van der Waals surface area (Å²) < 4.78 is 7.55. The molecule has 0 atom stereocenters. The highest BCUT2D eigenvalue weighted by atomic mass is 16.5. The maximum atomic E-state index is 12.0. The highest BCUT2D eigenvalue weighted by Crippen LogP contribution is 2.36. The largest absolute Gasteiger partial charge is 0.493 e. The van der Waals surface area contributed by atoms with E-state index in [2.05, 4.69) is 11.5 Å². The lowest BCUT2D eigenvalue weighted by Crippen LogP contribution is -2.01. The van der Waals surface area contributed by atoms with E-state index in [1.54, 1.807) is 18.2 Å². The number of hydrogen-bond donors (Lipinski definition) is 2. The first-order valence-corrected chi connectivity index (χ1v) is 8.22. The molecular formula is C20H19N3O3. The summed E-state index contributed by atoms with van der Waals surface area (Å²) in [5.41, 5.74) is 6.01. The maximum Gasteiger partial charge on any atom is 0.163 e. The number of nitrogens with one attached hydrogen (secondary N) is 1. The molecule has 0 bridgehead atoms. The van der Waals surface area contributed by atoms with Crippen molar-refractivity contribution in [1.82, 2.24) is 4.57 Å². The minimum absolute atomic E-state index is 0.108. The summed E-state index contributed by atoms with van der Waals surface area (Å²) in [4.78, 5) is 12.0. The van der Waals surface area contributed by atoms with E-state index in [0.29, 0.717) is 34.6 Å². The molecule has 0 unspecified atom stereocenters. The molecular weight excluding hydrogens is 330 g/mol. The number of rotatable bonds is 5. The zero-order chi connectivity index (χ0) is 18.8. The predicted molar refractivity (Wildman–Crippen MR) is 99.7 cm³/mol. The van der Waals surface area contributed by atoms with Gasteiger partial charge >= 0.3 is 0 Å². The number of carbonyl (C=O) groups excluding carboxylic acids is 1. The van der Waals surface area contributed by atoms with Crippen LogP contribution in [0.15, 0.2) is 36.4 Å². The van der Waals surface area contributed by atoms with E-state index in [-0.39, 0.29) is 5.78 Å². The minimum Gasteiger partial charge on any atom is -0.493 e. The van der Waals surface area contributed by atoms with Crippen LogP contribution in [0.4, 0.5) is 5.69 Å². The molecule has 6 heteroatoms. The van der Waals surface area contributed by atoms with Gasteiger partial charge in [0.2, 0.25) is 0 Å². The number of anilines is 1. The van der Waals surface area contributed by atoms with Gasteiger partial charge in [-0.2, -0.15) is 5.26 Å². The van der Waals surface area contributed by atoms with Crippen LogP contribution in [0.3, 0.4) is 0 Å². The van der Waals surface area contributed by atoms with Gasteiger partial charge in [-0.1, -0.05) is 12.1 Å². The number of benzene rings is 2. The van der Waals surface area contributed by atoms with Crippen LogP contribution >= 0.6 is 0 Å². The summed E-state index contributed by atoms with van der Waals surface area (Å²) in [6.45, 7) is 3.80. The minimum atomic E-state index is -0.108. The second-order valence-electron chi connectivity index (χ2n) is 5.94. The fourth-order valence-electron chi connectivity index (χ4n) is 3.17. The Morgan fingerprint density at radius 1 is 1.31 bits per heavy atom. The summed E-state index contributed by atoms with van der Waals surface area (Å²) >= 11 is 0. The van der Waals surface area contributed by atoms with E-state index < -0.39 is 0 Å². The fourth-order valence-corrected chi connectivity index (χ4v) is 3.17. The molecule has 0 aliphatic carbocycles. The third-order valence-electron chi connectivity index (χ3n) is 4.38. The van der Waals surface area contributed by atoms with Crippen LogP contribution in [0.2, 0.25) is 0 Å². The first kappa shape index (κ1) is 17.5. The maximum absolute atomic E-state index is 12.0. The van der Waals surface area contributed by atoms with E-state index in [4.69, 9.17) is 9.94 Å². The van der Waals surface area contributed by atoms with Gasteiger partial charge in [0, 0.05) is 18.5 Å². The van der Waals surface area contributed by atoms with Crippen molar-refractivity contribution in [3.63, 3.8) is 0 Å². The average Bonchev–Trinajstić information content (AvgIpc) is 2.92. The summed E-state index contributed by atoms with van der Waals surface area (Å²) in [6.07, 6.45) is 0. The summed E-state index contributed by atoms with van der Waals surface area (Å²) in [5.74, 6) is 0.409. The predicted octanol–water partition coefficient (Wildman–Crippen LogP) is 4.12. The molecule has 26 heavy (non-hydrogen) atoms. The number of ketones is 1. The molecule has 0 saturated heterocycles. The number of nitriles is 1. The van der Waals surface area contributed by atoms with Crippen LogP contribution in [0.5, 0.6) is 5.75 Å². The first-order valence-electron chi connectivity index (χ1n) is 8.22. The third kappa shape index (κ3) is 2.79. The van der Waals surface area contributed by atoms with Crippen molar-refractivity contribution in [1.29, 1.82) is 5.26 Å². The molecule has 132 valence electrons. The summed E-state index contributed by atoms with van der Waals surface area (Å²) in [7, 11) is 1.87. The number of hydrogen-bond acceptors (Lipinski definition) is 5. The molecule has 3 rings (SSSR count). The Kier molecular flexibility index (Phi) is 4.65. The highest BCUT2D eigenvalue weighted by Gasteiger charge is 2.20. The average molecular weight is 349 g/mol. The molecule has 2 N–H and O–H groups in total. The molecule has 0 spiro atoms. The van der Waals surface area contributed by atoms with Crippen LogP contribution in [-0.2, 0) is 7.05 Å². The van der Waals surface area contributed by atoms with Crippen molar-refractivity contribution in [2.45, 2.75) is 13.8 Å². The van der Waals surface area contributed by atoms with Gasteiger partial charge in [-0.15, -0.1) is 0 Å². The van der Waals surface area contributed by atoms with E-state index in [9.17, 15) is 10.1 Å². The molecule has 0 radical (unpaired) electrons. The van der Waals surface area contributed by atoms with Crippen LogP contribution < -0.4 is 10.2 Å². The number of Topliss-reactive ketones (excluding diaryl/α,β-unsaturated/α-hetero) is 1. The van der Waals surface area contributed by atoms with Crippen molar-refractivity contribution in [3.05, 3.63) is 47.5 Å². The highest BCUT2D eigenvalue weighted by molar-refractivity contribution is 6.04. The van der Waals surface area contributed by atoms with Crippen molar-refractivity contribution in [2.24, 2.45) is 7.05 Å². The third-order valence-corrected chi connectivity index (χ3v) is 4.38. The molecule has 1 heterocycles. The smallest absolute Gasteiger partial charge is 0.163 e. The molecule has 0 aliphatic heterocycles. The Morgan fingerprint density at radius 3 is 2.54 bits per heavy atom. The second kappa shape index (κ2) is 6.90. The van der Waals surface area contributed by atoms with E-state index in [1.165, 1.54) is 6.92 Å². The number of ether oxygens (including phenoxy) is 1. The molecule has 0 amide bonds. The number of aromatic nitrogens is 1. The van der Waals surface area contributed by atoms with Crippen molar-refractivity contribution >= 4 is 22.4 Å². The monoisotopic (exact) mass is 349 g/mol. The first-order chi connectivity index (χ1) is 12.5. The number of carbonyl (C=O) groups is 1. The Labute approximate surface area is 151 Å². The summed E-state index contributed by atoms with van der Waals surface area (Å²) in [5, 5.41) is 19.5. The summed E-state index contributed by atoms with van der Waals surface area (Å²) in [6, 6.07) is 12.9. The molecule has 0 aliphatic rings. The van der Waals surface area contributed by atoms with Crippen LogP contribution in [0.1, 0.15) is 29.8 Å². The molecule has 1 aromatic heterocycles. The Morgan fingerprint density at radius 2 is 2.00 bits per heavy atom. The topological polar surface area (TPSA) is 87.3 Å². The quantitative estimate of drug-likeness (QED) is 0.534. The van der Waals surface area contributed by atoms with Gasteiger partial charge in [-0.3, -0.25) is 15.5 Å². The van der Waals surface area contributed by atoms with Gasteiger partial charge in [0.25, 0.3) is 0 Å². The molecule has 6 nitrogen and oxygen atoms in total. The number of aryl methyl sites for hydroxylation is 1. The zero-order valence-electron chi connectivity index (χ0n) is 14.8. The van der Waals surface area contributed by atoms with Gasteiger partial charge < -0.3 is 9.30 Å². The van der Waals surface area contributed by atoms with Gasteiger partial charge in [0.15, 0.2) is 5.78 Å². The van der Waals surface area contributed by atoms with Gasteiger partial charge in [0.1, 0.15) is 11.8 Å². The van der Waals surface area contributed by atoms with E-state index >= 15 is 0 Å². The Hall–Kier alpha value is -3.30. The molecule has 3 aromatic rings. The number of nitrogens with zero attached hydrogens (tertiary/aromatic N) is 2. The van der Waals surface area contributed by atoms with Gasteiger partial charge in [0.05, 0.1) is 34.6 Å². The lowest BCUT2D eigenvalue weighted by molar-refractivity contribution is 0.101. The van der Waals surface area contributed by atoms with Crippen LogP contribution in [0.25, 0.3) is 22.2 Å². The van der Waals surface area contributed by atoms with E-state index in [1.807, 2.05) is 36.7 Å². The van der Waals surface area contributed by atoms with Gasteiger partial charge in [-0.25, -0.2) is 0 Å². The second-order valence-corrected chi connectivity index (χ2v) is 5.94. The molecule has 0 saturated carbocycles. The molecule has 2 aromatic carbocycles. The zero-order valence-corrected chi connectivity index (χ0v) is 14.8. The SMILES string of the molecule is CCOc1cc2c(cc1C(C)=O)c(C#N)c(-c1ccc(NO)cc1)n2C. The standard InChI is InChI=1S/C20H19N3O3/c1-4-26-19-10-18-16(9-15(19)12(2)24)17(11-21)20(23(18)3)13-5-7-14(22-25)8-6-13/h5-10,22,25H,4H2,1-3H3. The van der Waals surface area contributed by atoms with Gasteiger partial charge in [-0.05, 0) is 37.6 Å². The van der Waals surface area contributed by atoms with Crippen LogP contribution in [0, 0.1) is 11.3 Å². The van der Waals surface area contributed by atoms with Crippen LogP contribution in [-0.4, -0.2) is 22.2 Å². The van der Waals surface area contributed by atoms with Crippen molar-refractivity contribution < 1.29 is 14.7 Å². The lowest BCUT2D eigenvalue weighted by atomic mass is 10.0. The Balaban J connectivity index is 2.32. The number of fused-ring (bicyclic) bond motifs is 1.